The summed E-state index contributed by atoms with van der Waals surface area (Å²) in [5.74, 6) is -0.307. The van der Waals surface area contributed by atoms with Crippen molar-refractivity contribution in [2.24, 2.45) is 0 Å². The van der Waals surface area contributed by atoms with Crippen LogP contribution in [0.4, 0.5) is 5.69 Å². The molecule has 2 aromatic rings. The third kappa shape index (κ3) is 2.20. The van der Waals surface area contributed by atoms with Gasteiger partial charge in [0.2, 0.25) is 5.91 Å². The van der Waals surface area contributed by atoms with Crippen molar-refractivity contribution < 1.29 is 9.59 Å². The molecule has 2 aromatic heterocycles. The first-order valence-electron chi connectivity index (χ1n) is 6.35. The van der Waals surface area contributed by atoms with E-state index in [4.69, 9.17) is 5.73 Å². The van der Waals surface area contributed by atoms with Crippen LogP contribution in [-0.2, 0) is 4.79 Å². The highest BCUT2D eigenvalue weighted by atomic mass is 32.1. The van der Waals surface area contributed by atoms with Gasteiger partial charge in [0.15, 0.2) is 0 Å². The number of amides is 2. The molecule has 7 heteroatoms. The molecule has 0 bridgehead atoms. The zero-order valence-corrected chi connectivity index (χ0v) is 11.6. The Bertz CT molecular complexity index is 682. The van der Waals surface area contributed by atoms with Gasteiger partial charge in [-0.15, -0.1) is 11.3 Å². The fraction of sp³-hybridized carbons (Fsp3) is 0.308. The van der Waals surface area contributed by atoms with E-state index >= 15 is 0 Å². The number of nitrogens with zero attached hydrogens (tertiary/aromatic N) is 2. The summed E-state index contributed by atoms with van der Waals surface area (Å²) in [6.45, 7) is 1.25. The lowest BCUT2D eigenvalue weighted by Gasteiger charge is -2.18. The van der Waals surface area contributed by atoms with Gasteiger partial charge in [-0.2, -0.15) is 0 Å². The Labute approximate surface area is 119 Å². The van der Waals surface area contributed by atoms with E-state index < -0.39 is 0 Å². The van der Waals surface area contributed by atoms with Crippen molar-refractivity contribution in [3.63, 3.8) is 0 Å². The molecule has 0 atom stereocenters. The Kier molecular flexibility index (Phi) is 3.27. The molecule has 0 radical (unpaired) electrons. The van der Waals surface area contributed by atoms with Crippen LogP contribution < -0.4 is 11.1 Å². The molecule has 1 saturated heterocycles. The van der Waals surface area contributed by atoms with Gasteiger partial charge in [-0.25, -0.2) is 0 Å². The van der Waals surface area contributed by atoms with Gasteiger partial charge >= 0.3 is 0 Å². The van der Waals surface area contributed by atoms with Crippen LogP contribution in [0.2, 0.25) is 0 Å². The first-order chi connectivity index (χ1) is 9.66. The first-order valence-corrected chi connectivity index (χ1v) is 7.16. The maximum atomic E-state index is 12.5. The van der Waals surface area contributed by atoms with Gasteiger partial charge in [0.1, 0.15) is 4.88 Å². The van der Waals surface area contributed by atoms with Gasteiger partial charge in [-0.1, -0.05) is 0 Å². The van der Waals surface area contributed by atoms with Crippen LogP contribution >= 0.6 is 11.3 Å². The number of hydrogen-bond donors (Lipinski definition) is 2. The van der Waals surface area contributed by atoms with E-state index in [-0.39, 0.29) is 18.4 Å². The average Bonchev–Trinajstić information content (AvgIpc) is 2.64. The topological polar surface area (TPSA) is 88.3 Å². The minimum atomic E-state index is -0.180. The molecular formula is C13H14N4O2S. The maximum absolute atomic E-state index is 12.5. The molecule has 3 rings (SSSR count). The number of fused-ring (bicyclic) bond motifs is 1. The third-order valence-corrected chi connectivity index (χ3v) is 4.42. The monoisotopic (exact) mass is 290 g/mol. The zero-order chi connectivity index (χ0) is 14.1. The average molecular weight is 290 g/mol. The molecule has 0 saturated carbocycles. The highest BCUT2D eigenvalue weighted by Crippen LogP contribution is 2.33. The summed E-state index contributed by atoms with van der Waals surface area (Å²) in [7, 11) is 0. The Morgan fingerprint density at radius 2 is 2.35 bits per heavy atom. The van der Waals surface area contributed by atoms with Gasteiger partial charge in [-0.05, 0) is 12.5 Å². The van der Waals surface area contributed by atoms with Crippen LogP contribution in [0.5, 0.6) is 0 Å². The lowest BCUT2D eigenvalue weighted by atomic mass is 10.2. The molecule has 1 aliphatic heterocycles. The zero-order valence-electron chi connectivity index (χ0n) is 10.8. The molecule has 0 aromatic carbocycles. The van der Waals surface area contributed by atoms with Crippen molar-refractivity contribution >= 4 is 38.9 Å². The van der Waals surface area contributed by atoms with Crippen LogP contribution in [-0.4, -0.2) is 41.3 Å². The number of carbonyl (C=O) groups excluding carboxylic acids is 2. The highest BCUT2D eigenvalue weighted by molar-refractivity contribution is 7.21. The molecule has 1 fully saturated rings. The summed E-state index contributed by atoms with van der Waals surface area (Å²) in [6, 6.07) is 1.80. The normalized spacial score (nSPS) is 16.0. The van der Waals surface area contributed by atoms with Crippen LogP contribution in [0.1, 0.15) is 16.1 Å². The molecule has 0 unspecified atom stereocenters. The number of hydrogen-bond acceptors (Lipinski definition) is 5. The summed E-state index contributed by atoms with van der Waals surface area (Å²) >= 11 is 1.32. The number of aromatic nitrogens is 1. The number of nitrogen functional groups attached to an aromatic ring is 1. The second-order valence-electron chi connectivity index (χ2n) is 4.65. The molecule has 20 heavy (non-hydrogen) atoms. The van der Waals surface area contributed by atoms with Gasteiger partial charge in [0.05, 0.1) is 16.9 Å². The summed E-state index contributed by atoms with van der Waals surface area (Å²) in [4.78, 5) is 30.2. The van der Waals surface area contributed by atoms with E-state index in [0.29, 0.717) is 23.7 Å². The lowest BCUT2D eigenvalue weighted by Crippen LogP contribution is -2.37. The number of nitrogens with two attached hydrogens (primary N) is 1. The van der Waals surface area contributed by atoms with Crippen molar-refractivity contribution in [3.8, 4) is 0 Å². The summed E-state index contributed by atoms with van der Waals surface area (Å²) in [5.41, 5.74) is 6.53. The number of nitrogens with one attached hydrogen (secondary N) is 1. The Morgan fingerprint density at radius 1 is 1.50 bits per heavy atom. The molecular weight excluding hydrogens is 276 g/mol. The predicted octanol–water partition coefficient (Wildman–Crippen LogP) is 0.841. The molecule has 1 aliphatic rings. The highest BCUT2D eigenvalue weighted by Gasteiger charge is 2.25. The largest absolute Gasteiger partial charge is 0.397 e. The van der Waals surface area contributed by atoms with Gasteiger partial charge < -0.3 is 16.0 Å². The van der Waals surface area contributed by atoms with Crippen molar-refractivity contribution in [1.82, 2.24) is 15.2 Å². The maximum Gasteiger partial charge on any atom is 0.266 e. The van der Waals surface area contributed by atoms with Crippen LogP contribution in [0.15, 0.2) is 18.5 Å². The predicted molar refractivity (Wildman–Crippen MR) is 77.6 cm³/mol. The molecule has 2 amide bonds. The lowest BCUT2D eigenvalue weighted by molar-refractivity contribution is -0.121. The van der Waals surface area contributed by atoms with Crippen molar-refractivity contribution in [1.29, 1.82) is 0 Å². The van der Waals surface area contributed by atoms with Crippen molar-refractivity contribution in [2.45, 2.75) is 6.42 Å². The second kappa shape index (κ2) is 5.09. The molecule has 6 nitrogen and oxygen atoms in total. The van der Waals surface area contributed by atoms with E-state index in [0.717, 1.165) is 16.5 Å². The summed E-state index contributed by atoms with van der Waals surface area (Å²) < 4.78 is 0.882. The smallest absolute Gasteiger partial charge is 0.266 e. The number of rotatable bonds is 1. The van der Waals surface area contributed by atoms with Crippen molar-refractivity contribution in [3.05, 3.63) is 23.3 Å². The molecule has 104 valence electrons. The quantitative estimate of drug-likeness (QED) is 0.814. The fourth-order valence-corrected chi connectivity index (χ4v) is 3.31. The number of pyridine rings is 1. The summed E-state index contributed by atoms with van der Waals surface area (Å²) in [6.07, 6.45) is 4.10. The minimum Gasteiger partial charge on any atom is -0.397 e. The number of carbonyl (C=O) groups is 2. The standard InChI is InChI=1S/C13H14N4O2S/c14-11-8-2-4-15-6-9(8)20-12(11)13(19)17-5-1-3-16-10(18)7-17/h2,4,6H,1,3,5,7,14H2,(H,16,18). The van der Waals surface area contributed by atoms with E-state index in [2.05, 4.69) is 10.3 Å². The Morgan fingerprint density at radius 3 is 3.15 bits per heavy atom. The van der Waals surface area contributed by atoms with E-state index in [1.807, 2.05) is 0 Å². The minimum absolute atomic E-state index is 0.0881. The van der Waals surface area contributed by atoms with Gasteiger partial charge in [-0.3, -0.25) is 14.6 Å². The number of anilines is 1. The molecule has 0 aliphatic carbocycles. The fourth-order valence-electron chi connectivity index (χ4n) is 2.25. The van der Waals surface area contributed by atoms with Crippen molar-refractivity contribution in [2.75, 3.05) is 25.4 Å². The van der Waals surface area contributed by atoms with Gasteiger partial charge in [0, 0.05) is 30.9 Å². The second-order valence-corrected chi connectivity index (χ2v) is 5.70. The van der Waals surface area contributed by atoms with Crippen LogP contribution in [0.3, 0.4) is 0 Å². The number of thiophene rings is 1. The summed E-state index contributed by atoms with van der Waals surface area (Å²) in [5, 5.41) is 3.59. The van der Waals surface area contributed by atoms with E-state index in [9.17, 15) is 9.59 Å². The molecule has 3 heterocycles. The SMILES string of the molecule is Nc1c(C(=O)N2CCCNC(=O)C2)sc2cnccc12. The first kappa shape index (κ1) is 12.9. The van der Waals surface area contributed by atoms with Gasteiger partial charge in [0.25, 0.3) is 5.91 Å². The third-order valence-electron chi connectivity index (χ3n) is 3.27. The van der Waals surface area contributed by atoms with Crippen LogP contribution in [0.25, 0.3) is 10.1 Å². The van der Waals surface area contributed by atoms with E-state index in [1.165, 1.54) is 11.3 Å². The Hall–Kier alpha value is -2.15. The molecule has 0 spiro atoms. The van der Waals surface area contributed by atoms with Crippen LogP contribution in [0, 0.1) is 0 Å². The Balaban J connectivity index is 1.95. The van der Waals surface area contributed by atoms with E-state index in [1.54, 1.807) is 23.4 Å². The molecule has 3 N–H and O–H groups in total.